The molecule has 0 spiro atoms. The van der Waals surface area contributed by atoms with Crippen molar-refractivity contribution in [3.63, 3.8) is 0 Å². The molecule has 12 heteroatoms. The Kier molecular flexibility index (Phi) is 5.74. The van der Waals surface area contributed by atoms with Crippen LogP contribution in [-0.2, 0) is 22.7 Å². The van der Waals surface area contributed by atoms with Gasteiger partial charge in [0, 0.05) is 29.8 Å². The third-order valence-corrected chi connectivity index (χ3v) is 6.52. The average Bonchev–Trinajstić information content (AvgIpc) is 3.23. The molecule has 1 amide bonds. The van der Waals surface area contributed by atoms with Crippen LogP contribution in [0.25, 0.3) is 21.7 Å². The van der Waals surface area contributed by atoms with Crippen molar-refractivity contribution in [2.24, 2.45) is 0 Å². The summed E-state index contributed by atoms with van der Waals surface area (Å²) < 4.78 is 61.9. The smallest absolute Gasteiger partial charge is 0.270 e. The van der Waals surface area contributed by atoms with Crippen molar-refractivity contribution < 1.29 is 27.3 Å². The van der Waals surface area contributed by atoms with Crippen LogP contribution in [0.2, 0.25) is 0 Å². The number of pyridine rings is 1. The Labute approximate surface area is 199 Å². The summed E-state index contributed by atoms with van der Waals surface area (Å²) in [4.78, 5) is 32.7. The molecule has 182 valence electrons. The van der Waals surface area contributed by atoms with Crippen molar-refractivity contribution >= 4 is 44.6 Å². The molecule has 5 rings (SSSR count). The lowest BCUT2D eigenvalue weighted by atomic mass is 9.95. The number of aromatic nitrogens is 2. The van der Waals surface area contributed by atoms with Crippen molar-refractivity contribution in [1.29, 1.82) is 0 Å². The number of likely N-dealkylation sites (N-methyl/N-ethyl adjacent to an activating group) is 1. The Hall–Kier alpha value is -3.48. The van der Waals surface area contributed by atoms with Crippen molar-refractivity contribution in [2.45, 2.75) is 12.6 Å². The number of nitrogens with zero attached hydrogens (tertiary/aromatic N) is 1. The van der Waals surface area contributed by atoms with Crippen molar-refractivity contribution in [1.82, 2.24) is 14.9 Å². The maximum absolute atomic E-state index is 14.1. The predicted octanol–water partition coefficient (Wildman–Crippen LogP) is 3.48. The van der Waals surface area contributed by atoms with E-state index < -0.39 is 46.3 Å². The van der Waals surface area contributed by atoms with E-state index in [1.54, 1.807) is 0 Å². The van der Waals surface area contributed by atoms with E-state index in [9.17, 15) is 27.3 Å². The molecule has 35 heavy (non-hydrogen) atoms. The third kappa shape index (κ3) is 4.03. The van der Waals surface area contributed by atoms with Gasteiger partial charge < -0.3 is 24.2 Å². The number of fused-ring (bicyclic) bond motifs is 4. The number of carbonyl (C=O) groups excluding carboxylic acids is 1. The fourth-order valence-electron chi connectivity index (χ4n) is 4.44. The monoisotopic (exact) mass is 504 g/mol. The molecule has 3 N–H and O–H groups in total. The minimum Gasteiger partial charge on any atom is -0.593 e. The lowest BCUT2D eigenvalue weighted by Crippen LogP contribution is -2.37. The minimum absolute atomic E-state index is 0.0346. The number of rotatable bonds is 4. The van der Waals surface area contributed by atoms with Crippen LogP contribution in [0.5, 0.6) is 0 Å². The van der Waals surface area contributed by atoms with Gasteiger partial charge in [-0.25, -0.2) is 17.9 Å². The normalized spacial score (nSPS) is 16.3. The molecule has 1 aliphatic rings. The maximum atomic E-state index is 14.1. The van der Waals surface area contributed by atoms with Gasteiger partial charge in [0.25, 0.3) is 11.5 Å². The third-order valence-electron chi connectivity index (χ3n) is 6.01. The van der Waals surface area contributed by atoms with E-state index in [-0.39, 0.29) is 35.4 Å². The molecular formula is C23H19F3N4O4S. The number of hydrogen-bond donors (Lipinski definition) is 3. The van der Waals surface area contributed by atoms with Crippen LogP contribution in [-0.4, -0.2) is 45.2 Å². The van der Waals surface area contributed by atoms with E-state index in [1.807, 2.05) is 0 Å². The van der Waals surface area contributed by atoms with E-state index in [0.717, 1.165) is 12.1 Å². The number of aromatic amines is 2. The van der Waals surface area contributed by atoms with Gasteiger partial charge in [-0.3, -0.25) is 9.59 Å². The zero-order chi connectivity index (χ0) is 25.0. The molecule has 2 atom stereocenters. The molecule has 0 bridgehead atoms. The number of halogens is 3. The summed E-state index contributed by atoms with van der Waals surface area (Å²) >= 11 is -1.47. The second-order valence-electron chi connectivity index (χ2n) is 8.26. The first kappa shape index (κ1) is 23.3. The van der Waals surface area contributed by atoms with Crippen LogP contribution in [0.15, 0.2) is 35.1 Å². The topological polar surface area (TPSA) is 113 Å². The first-order chi connectivity index (χ1) is 16.6. The van der Waals surface area contributed by atoms with Gasteiger partial charge in [0.15, 0.2) is 11.6 Å². The Morgan fingerprint density at radius 3 is 2.54 bits per heavy atom. The number of carbonyl (C=O) groups is 1. The summed E-state index contributed by atoms with van der Waals surface area (Å²) in [5, 5.41) is 0.608. The van der Waals surface area contributed by atoms with Crippen molar-refractivity contribution in [3.05, 3.63) is 75.1 Å². The second-order valence-corrected chi connectivity index (χ2v) is 9.37. The summed E-state index contributed by atoms with van der Waals surface area (Å²) in [5.41, 5.74) is 0.915. The molecule has 4 aromatic rings. The van der Waals surface area contributed by atoms with Crippen LogP contribution in [0.3, 0.4) is 0 Å². The highest BCUT2D eigenvalue weighted by Crippen LogP contribution is 2.35. The van der Waals surface area contributed by atoms with Gasteiger partial charge in [0.05, 0.1) is 47.2 Å². The summed E-state index contributed by atoms with van der Waals surface area (Å²) in [6, 6.07) is 4.94. The van der Waals surface area contributed by atoms with Crippen molar-refractivity contribution in [2.75, 3.05) is 24.6 Å². The van der Waals surface area contributed by atoms with Crippen LogP contribution in [0.1, 0.15) is 27.8 Å². The largest absolute Gasteiger partial charge is 0.593 e. The van der Waals surface area contributed by atoms with Gasteiger partial charge in [0.2, 0.25) is 0 Å². The van der Waals surface area contributed by atoms with Crippen LogP contribution in [0, 0.1) is 17.5 Å². The fraction of sp³-hybridized carbons (Fsp3) is 0.217. The number of benzene rings is 2. The highest BCUT2D eigenvalue weighted by Gasteiger charge is 2.32. The molecule has 8 nitrogen and oxygen atoms in total. The maximum Gasteiger partial charge on any atom is 0.270 e. The number of anilines is 1. The fourth-order valence-corrected chi connectivity index (χ4v) is 4.91. The number of hydrogen-bond acceptors (Lipinski definition) is 5. The molecule has 1 unspecified atom stereocenters. The van der Waals surface area contributed by atoms with E-state index in [2.05, 4.69) is 14.7 Å². The Morgan fingerprint density at radius 2 is 1.83 bits per heavy atom. The molecule has 3 heterocycles. The number of H-pyrrole nitrogens is 2. The van der Waals surface area contributed by atoms with Crippen molar-refractivity contribution in [3.8, 4) is 0 Å². The summed E-state index contributed by atoms with van der Waals surface area (Å²) in [7, 11) is 1.51. The molecule has 1 aliphatic heterocycles. The van der Waals surface area contributed by atoms with E-state index in [1.165, 1.54) is 36.4 Å². The highest BCUT2D eigenvalue weighted by atomic mass is 32.2. The standard InChI is InChI=1S/C23H19F3N4O4S/c1-30(23(32)18-7-13-16(27-18)3-10(24)4-17(13)29-35(2)33)20-9-34-8-19-21(20)11-5-14(25)15(26)6-12(11)22(31)28-19/h3-7,20,27,29H,8-9H2,1-2H3,(H,28,31)/t20?,35-/m1/s1. The molecular weight excluding hydrogens is 485 g/mol. The zero-order valence-electron chi connectivity index (χ0n) is 18.5. The Bertz CT molecular complexity index is 1550. The van der Waals surface area contributed by atoms with Gasteiger partial charge >= 0.3 is 0 Å². The molecule has 2 aromatic heterocycles. The second kappa shape index (κ2) is 8.63. The Balaban J connectivity index is 1.58. The van der Waals surface area contributed by atoms with Crippen LogP contribution < -0.4 is 10.3 Å². The summed E-state index contributed by atoms with van der Waals surface area (Å²) in [6.07, 6.45) is 1.40. The summed E-state index contributed by atoms with van der Waals surface area (Å²) in [6.45, 7) is 0.0821. The zero-order valence-corrected chi connectivity index (χ0v) is 19.3. The van der Waals surface area contributed by atoms with Gasteiger partial charge in [-0.1, -0.05) is 0 Å². The van der Waals surface area contributed by atoms with E-state index in [0.29, 0.717) is 22.2 Å². The van der Waals surface area contributed by atoms with Gasteiger partial charge in [-0.2, -0.15) is 0 Å². The quantitative estimate of drug-likeness (QED) is 0.369. The number of nitrogens with one attached hydrogen (secondary N) is 3. The Morgan fingerprint density at radius 1 is 1.11 bits per heavy atom. The van der Waals surface area contributed by atoms with Crippen LogP contribution >= 0.6 is 0 Å². The van der Waals surface area contributed by atoms with Gasteiger partial charge in [-0.15, -0.1) is 0 Å². The predicted molar refractivity (Wildman–Crippen MR) is 125 cm³/mol. The highest BCUT2D eigenvalue weighted by molar-refractivity contribution is 7.92. The first-order valence-corrected chi connectivity index (χ1v) is 12.0. The lowest BCUT2D eigenvalue weighted by Gasteiger charge is -2.33. The lowest BCUT2D eigenvalue weighted by molar-refractivity contribution is 0.0333. The molecule has 0 aliphatic carbocycles. The van der Waals surface area contributed by atoms with E-state index >= 15 is 0 Å². The molecule has 2 aromatic carbocycles. The minimum atomic E-state index is -1.47. The molecule has 0 saturated heterocycles. The van der Waals surface area contributed by atoms with Gasteiger partial charge in [0.1, 0.15) is 17.8 Å². The molecule has 0 fully saturated rings. The number of ether oxygens (including phenoxy) is 1. The average molecular weight is 504 g/mol. The SMILES string of the molecule is CN(C(=O)c1cc2c(N[S@@+](C)[O-])cc(F)cc2[nH]1)C1COCc2[nH]c(=O)c3cc(F)c(F)cc3c21. The van der Waals surface area contributed by atoms with Gasteiger partial charge in [-0.05, 0) is 29.7 Å². The summed E-state index contributed by atoms with van der Waals surface area (Å²) in [5.74, 6) is -3.35. The van der Waals surface area contributed by atoms with Crippen LogP contribution in [0.4, 0.5) is 18.9 Å². The molecule has 0 saturated carbocycles. The number of amides is 1. The van der Waals surface area contributed by atoms with E-state index in [4.69, 9.17) is 4.74 Å². The molecule has 0 radical (unpaired) electrons. The first-order valence-electron chi connectivity index (χ1n) is 10.4.